The molecule has 5 nitrogen and oxygen atoms in total. The predicted molar refractivity (Wildman–Crippen MR) is 136 cm³/mol. The minimum absolute atomic E-state index is 0.186. The maximum absolute atomic E-state index is 14.0. The molecule has 0 bridgehead atoms. The van der Waals surface area contributed by atoms with Crippen LogP contribution in [0.5, 0.6) is 5.75 Å². The van der Waals surface area contributed by atoms with Gasteiger partial charge in [-0.1, -0.05) is 54.1 Å². The first-order valence-corrected chi connectivity index (χ1v) is 12.2. The smallest absolute Gasteiger partial charge is 0.268 e. The molecule has 0 atom stereocenters. The molecule has 0 amide bonds. The van der Waals surface area contributed by atoms with Crippen LogP contribution in [0.1, 0.15) is 5.56 Å². The van der Waals surface area contributed by atoms with Gasteiger partial charge in [-0.15, -0.1) is 0 Å². The van der Waals surface area contributed by atoms with Crippen molar-refractivity contribution in [1.82, 2.24) is 4.98 Å². The van der Waals surface area contributed by atoms with E-state index in [4.69, 9.17) is 0 Å². The van der Waals surface area contributed by atoms with Crippen LogP contribution in [0.3, 0.4) is 0 Å². The second kappa shape index (κ2) is 8.65. The van der Waals surface area contributed by atoms with Gasteiger partial charge in [0.2, 0.25) is 0 Å². The molecule has 0 spiro atoms. The lowest BCUT2D eigenvalue weighted by Crippen LogP contribution is -2.26. The molecule has 5 aromatic rings. The number of pyridine rings is 1. The molecule has 1 N–H and O–H groups in total. The van der Waals surface area contributed by atoms with E-state index in [1.807, 2.05) is 55.5 Å². The van der Waals surface area contributed by atoms with E-state index in [9.17, 15) is 13.5 Å². The first-order valence-electron chi connectivity index (χ1n) is 10.8. The van der Waals surface area contributed by atoms with Crippen molar-refractivity contribution >= 4 is 32.3 Å². The Labute approximate surface area is 198 Å². The number of hydrogen-bond donors (Lipinski definition) is 1. The molecule has 5 rings (SSSR count). The van der Waals surface area contributed by atoms with Gasteiger partial charge in [0.15, 0.2) is 0 Å². The third kappa shape index (κ3) is 4.00. The summed E-state index contributed by atoms with van der Waals surface area (Å²) in [6.07, 6.45) is 1.62. The molecular formula is C28H22N2O3S. The first-order chi connectivity index (χ1) is 16.4. The lowest BCUT2D eigenvalue weighted by molar-refractivity contribution is 0.475. The van der Waals surface area contributed by atoms with Crippen LogP contribution >= 0.6 is 0 Å². The van der Waals surface area contributed by atoms with Crippen molar-refractivity contribution in [1.29, 1.82) is 0 Å². The Bertz CT molecular complexity index is 1560. The summed E-state index contributed by atoms with van der Waals surface area (Å²) in [5, 5.41) is 10.4. The van der Waals surface area contributed by atoms with Crippen molar-refractivity contribution in [2.75, 3.05) is 4.31 Å². The molecule has 0 unspecified atom stereocenters. The highest BCUT2D eigenvalue weighted by Crippen LogP contribution is 2.38. The topological polar surface area (TPSA) is 70.5 Å². The highest BCUT2D eigenvalue weighted by molar-refractivity contribution is 7.93. The fourth-order valence-electron chi connectivity index (χ4n) is 3.93. The Morgan fingerprint density at radius 3 is 2.15 bits per heavy atom. The predicted octanol–water partition coefficient (Wildman–Crippen LogP) is 6.44. The lowest BCUT2D eigenvalue weighted by Gasteiger charge is -2.26. The summed E-state index contributed by atoms with van der Waals surface area (Å²) in [5.41, 5.74) is 4.51. The van der Waals surface area contributed by atoms with Gasteiger partial charge in [-0.2, -0.15) is 0 Å². The third-order valence-corrected chi connectivity index (χ3v) is 7.44. The summed E-state index contributed by atoms with van der Waals surface area (Å²) in [4.78, 5) is 4.68. The zero-order valence-electron chi connectivity index (χ0n) is 18.5. The van der Waals surface area contributed by atoms with Gasteiger partial charge in [0.25, 0.3) is 10.0 Å². The molecule has 1 heterocycles. The second-order valence-corrected chi connectivity index (χ2v) is 9.81. The van der Waals surface area contributed by atoms with Crippen molar-refractivity contribution in [2.24, 2.45) is 0 Å². The second-order valence-electron chi connectivity index (χ2n) is 8.03. The standard InChI is InChI=1S/C28H22N2O3S/c1-20-7-14-25(15-8-20)34(32,33)30(23-5-3-2-4-6-23)28-17-18-29-27-16-11-22(19-26(27)28)21-9-12-24(31)13-10-21/h2-19,31H,1H3. The summed E-state index contributed by atoms with van der Waals surface area (Å²) in [6.45, 7) is 1.92. The average molecular weight is 467 g/mol. The number of sulfonamides is 1. The van der Waals surface area contributed by atoms with Gasteiger partial charge >= 0.3 is 0 Å². The van der Waals surface area contributed by atoms with Gasteiger partial charge in [0.05, 0.1) is 21.8 Å². The van der Waals surface area contributed by atoms with Gasteiger partial charge in [0, 0.05) is 11.6 Å². The van der Waals surface area contributed by atoms with Gasteiger partial charge in [-0.3, -0.25) is 4.98 Å². The molecule has 4 aromatic carbocycles. The molecule has 1 aromatic heterocycles. The van der Waals surface area contributed by atoms with E-state index in [1.54, 1.807) is 60.8 Å². The maximum atomic E-state index is 14.0. The van der Waals surface area contributed by atoms with E-state index in [0.717, 1.165) is 16.7 Å². The SMILES string of the molecule is Cc1ccc(S(=O)(=O)N(c2ccccc2)c2ccnc3ccc(-c4ccc(O)cc4)cc23)cc1. The van der Waals surface area contributed by atoms with Crippen molar-refractivity contribution in [3.8, 4) is 16.9 Å². The quantitative estimate of drug-likeness (QED) is 0.323. The number of hydrogen-bond acceptors (Lipinski definition) is 4. The van der Waals surface area contributed by atoms with Crippen LogP contribution in [-0.2, 0) is 10.0 Å². The van der Waals surface area contributed by atoms with E-state index in [-0.39, 0.29) is 10.6 Å². The summed E-state index contributed by atoms with van der Waals surface area (Å²) in [6, 6.07) is 30.3. The molecule has 0 fully saturated rings. The molecular weight excluding hydrogens is 444 g/mol. The van der Waals surface area contributed by atoms with Crippen LogP contribution < -0.4 is 4.31 Å². The Hall–Kier alpha value is -4.16. The normalized spacial score (nSPS) is 11.4. The number of phenolic OH excluding ortho intramolecular Hbond substituents is 1. The van der Waals surface area contributed by atoms with Crippen LogP contribution in [0.15, 0.2) is 114 Å². The lowest BCUT2D eigenvalue weighted by atomic mass is 10.0. The molecule has 0 radical (unpaired) electrons. The van der Waals surface area contributed by atoms with Gasteiger partial charge in [0.1, 0.15) is 5.75 Å². The monoisotopic (exact) mass is 466 g/mol. The third-order valence-electron chi connectivity index (χ3n) is 5.69. The molecule has 0 saturated heterocycles. The van der Waals surface area contributed by atoms with E-state index in [2.05, 4.69) is 4.98 Å². The highest BCUT2D eigenvalue weighted by atomic mass is 32.2. The van der Waals surface area contributed by atoms with Gasteiger partial charge < -0.3 is 5.11 Å². The number of phenols is 1. The molecule has 168 valence electrons. The fraction of sp³-hybridized carbons (Fsp3) is 0.0357. The Morgan fingerprint density at radius 2 is 1.44 bits per heavy atom. The van der Waals surface area contributed by atoms with Crippen LogP contribution in [0.2, 0.25) is 0 Å². The Kier molecular flexibility index (Phi) is 5.51. The number of nitrogens with zero attached hydrogens (tertiary/aromatic N) is 2. The first kappa shape index (κ1) is 21.7. The van der Waals surface area contributed by atoms with Crippen molar-refractivity contribution < 1.29 is 13.5 Å². The molecule has 6 heteroatoms. The molecule has 0 aliphatic carbocycles. The van der Waals surface area contributed by atoms with Gasteiger partial charge in [-0.25, -0.2) is 12.7 Å². The number of aromatic nitrogens is 1. The summed E-state index contributed by atoms with van der Waals surface area (Å²) in [5.74, 6) is 0.186. The zero-order valence-corrected chi connectivity index (χ0v) is 19.3. The molecule has 34 heavy (non-hydrogen) atoms. The minimum atomic E-state index is -3.93. The van der Waals surface area contributed by atoms with Crippen molar-refractivity contribution in [3.63, 3.8) is 0 Å². The largest absolute Gasteiger partial charge is 0.508 e. The number of fused-ring (bicyclic) bond motifs is 1. The molecule has 0 saturated carbocycles. The summed E-state index contributed by atoms with van der Waals surface area (Å²) < 4.78 is 29.3. The maximum Gasteiger partial charge on any atom is 0.268 e. The fourth-order valence-corrected chi connectivity index (χ4v) is 5.44. The van der Waals surface area contributed by atoms with E-state index >= 15 is 0 Å². The average Bonchev–Trinajstić information content (AvgIpc) is 2.85. The number of rotatable bonds is 5. The van der Waals surface area contributed by atoms with Gasteiger partial charge in [-0.05, 0) is 72.6 Å². The van der Waals surface area contributed by atoms with Crippen molar-refractivity contribution in [3.05, 3.63) is 115 Å². The number of anilines is 2. The number of para-hydroxylation sites is 1. The van der Waals surface area contributed by atoms with Crippen LogP contribution in [0, 0.1) is 6.92 Å². The van der Waals surface area contributed by atoms with Crippen molar-refractivity contribution in [2.45, 2.75) is 11.8 Å². The number of aromatic hydroxyl groups is 1. The van der Waals surface area contributed by atoms with E-state index in [1.165, 1.54) is 4.31 Å². The summed E-state index contributed by atoms with van der Waals surface area (Å²) in [7, 11) is -3.93. The zero-order chi connectivity index (χ0) is 23.7. The highest BCUT2D eigenvalue weighted by Gasteiger charge is 2.28. The minimum Gasteiger partial charge on any atom is -0.508 e. The summed E-state index contributed by atoms with van der Waals surface area (Å²) >= 11 is 0. The van der Waals surface area contributed by atoms with E-state index < -0.39 is 10.0 Å². The number of benzene rings is 4. The van der Waals surface area contributed by atoms with Crippen LogP contribution in [0.25, 0.3) is 22.0 Å². The Morgan fingerprint density at radius 1 is 0.765 bits per heavy atom. The number of aryl methyl sites for hydroxylation is 1. The molecule has 0 aliphatic heterocycles. The Balaban J connectivity index is 1.75. The van der Waals surface area contributed by atoms with Crippen LogP contribution in [-0.4, -0.2) is 18.5 Å². The van der Waals surface area contributed by atoms with E-state index in [0.29, 0.717) is 22.3 Å². The van der Waals surface area contributed by atoms with Crippen LogP contribution in [0.4, 0.5) is 11.4 Å². The molecule has 0 aliphatic rings.